The van der Waals surface area contributed by atoms with E-state index in [1.165, 1.54) is 64.2 Å². The normalized spacial score (nSPS) is 13.1. The highest BCUT2D eigenvalue weighted by Crippen LogP contribution is 2.36. The Morgan fingerprint density at radius 1 is 0.540 bits per heavy atom. The second kappa shape index (κ2) is 36.5. The fourth-order valence-corrected chi connectivity index (χ4v) is 5.52. The third kappa shape index (κ3) is 38.6. The molecule has 0 unspecified atom stereocenters. The second-order valence-corrected chi connectivity index (χ2v) is 14.1. The van der Waals surface area contributed by atoms with Crippen molar-refractivity contribution in [1.29, 1.82) is 0 Å². The third-order valence-corrected chi connectivity index (χ3v) is 8.54. The summed E-state index contributed by atoms with van der Waals surface area (Å²) in [6, 6.07) is 0. The van der Waals surface area contributed by atoms with Gasteiger partial charge in [0.25, 0.3) is 0 Å². The monoisotopic (exact) mass is 722 g/mol. The fourth-order valence-electron chi connectivity index (χ4n) is 5.16. The van der Waals surface area contributed by atoms with Crippen LogP contribution in [0.25, 0.3) is 0 Å². The summed E-state index contributed by atoms with van der Waals surface area (Å²) in [4.78, 5) is 42.7. The Labute approximate surface area is 305 Å². The van der Waals surface area contributed by atoms with Crippen molar-refractivity contribution in [3.63, 3.8) is 0 Å². The van der Waals surface area contributed by atoms with Gasteiger partial charge in [0.2, 0.25) is 0 Å². The summed E-state index contributed by atoms with van der Waals surface area (Å²) in [6.45, 7) is 3.53. The maximum absolute atomic E-state index is 12.4. The minimum Gasteiger partial charge on any atom is -0.462 e. The van der Waals surface area contributed by atoms with Crippen LogP contribution in [0.15, 0.2) is 60.8 Å². The zero-order valence-corrected chi connectivity index (χ0v) is 32.4. The lowest BCUT2D eigenvalue weighted by atomic mass is 10.0. The van der Waals surface area contributed by atoms with E-state index in [4.69, 9.17) is 19.3 Å². The Hall–Kier alpha value is -2.25. The zero-order chi connectivity index (χ0) is 36.8. The van der Waals surface area contributed by atoms with Crippen molar-refractivity contribution in [3.8, 4) is 0 Å². The minimum absolute atomic E-state index is 0.172. The lowest BCUT2D eigenvalue weighted by Gasteiger charge is -2.18. The van der Waals surface area contributed by atoms with Crippen LogP contribution < -0.4 is 0 Å². The van der Waals surface area contributed by atoms with Crippen molar-refractivity contribution in [1.82, 2.24) is 0 Å². The van der Waals surface area contributed by atoms with E-state index in [9.17, 15) is 14.2 Å². The number of unbranched alkanes of at least 4 members (excludes halogenated alkanes) is 15. The molecule has 0 radical (unpaired) electrons. The molecule has 0 aliphatic heterocycles. The van der Waals surface area contributed by atoms with Crippen molar-refractivity contribution in [2.45, 2.75) is 174 Å². The van der Waals surface area contributed by atoms with Gasteiger partial charge in [-0.05, 0) is 57.8 Å². The average Bonchev–Trinajstić information content (AvgIpc) is 3.08. The van der Waals surface area contributed by atoms with Gasteiger partial charge < -0.3 is 19.3 Å². The fraction of sp³-hybridized carbons (Fsp3) is 0.707. The van der Waals surface area contributed by atoms with Crippen LogP contribution in [0.5, 0.6) is 0 Å². The van der Waals surface area contributed by atoms with Gasteiger partial charge in [0.05, 0.1) is 6.61 Å². The van der Waals surface area contributed by atoms with Crippen molar-refractivity contribution >= 4 is 19.8 Å². The standard InChI is InChI=1S/C41H71O8P/c1-3-5-7-9-11-13-15-17-18-19-20-21-22-24-26-28-30-32-34-36-41(43)49-39(38-48-50(44,45)46)37-47-40(42)35-33-31-29-27-25-23-16-14-12-10-8-6-4-2/h5,7,11,13,17-18,20-21,24,26,39H,3-4,6,8-10,12,14-16,19,22-23,25,27-38H2,1-2H3,(H2,44,45,46)/b7-5+,13-11+,18-17+,21-20+,26-24+/t39-/m1/s1. The summed E-state index contributed by atoms with van der Waals surface area (Å²) in [5.41, 5.74) is 0. The number of phosphoric ester groups is 1. The molecule has 288 valence electrons. The smallest absolute Gasteiger partial charge is 0.462 e. The molecule has 0 bridgehead atoms. The van der Waals surface area contributed by atoms with Crippen LogP contribution in [0.1, 0.15) is 168 Å². The molecule has 0 aromatic carbocycles. The van der Waals surface area contributed by atoms with E-state index in [-0.39, 0.29) is 19.4 Å². The molecular formula is C41H71O8P. The predicted octanol–water partition coefficient (Wildman–Crippen LogP) is 11.7. The van der Waals surface area contributed by atoms with E-state index < -0.39 is 32.5 Å². The first-order valence-corrected chi connectivity index (χ1v) is 21.1. The van der Waals surface area contributed by atoms with Gasteiger partial charge in [-0.2, -0.15) is 0 Å². The number of carbonyl (C=O) groups is 2. The number of hydrogen-bond acceptors (Lipinski definition) is 6. The molecule has 0 aromatic heterocycles. The molecular weight excluding hydrogens is 651 g/mol. The number of esters is 2. The van der Waals surface area contributed by atoms with E-state index >= 15 is 0 Å². The molecule has 0 heterocycles. The quantitative estimate of drug-likeness (QED) is 0.0287. The van der Waals surface area contributed by atoms with Crippen LogP contribution in [0.2, 0.25) is 0 Å². The molecule has 0 rings (SSSR count). The van der Waals surface area contributed by atoms with Crippen LogP contribution >= 0.6 is 7.82 Å². The molecule has 1 atom stereocenters. The molecule has 0 spiro atoms. The number of ether oxygens (including phenoxy) is 2. The van der Waals surface area contributed by atoms with Gasteiger partial charge in [0.15, 0.2) is 6.10 Å². The van der Waals surface area contributed by atoms with Gasteiger partial charge >= 0.3 is 19.8 Å². The van der Waals surface area contributed by atoms with Crippen molar-refractivity contribution < 1.29 is 37.9 Å². The summed E-state index contributed by atoms with van der Waals surface area (Å²) in [7, 11) is -4.76. The molecule has 0 saturated carbocycles. The number of hydrogen-bond donors (Lipinski definition) is 2. The molecule has 9 heteroatoms. The average molecular weight is 723 g/mol. The second-order valence-electron chi connectivity index (χ2n) is 12.9. The van der Waals surface area contributed by atoms with Crippen LogP contribution in [0.4, 0.5) is 0 Å². The first kappa shape index (κ1) is 47.8. The Kier molecular flexibility index (Phi) is 34.9. The van der Waals surface area contributed by atoms with Crippen LogP contribution in [0, 0.1) is 0 Å². The van der Waals surface area contributed by atoms with E-state index in [2.05, 4.69) is 79.1 Å². The zero-order valence-electron chi connectivity index (χ0n) is 31.5. The minimum atomic E-state index is -4.76. The highest BCUT2D eigenvalue weighted by atomic mass is 31.2. The summed E-state index contributed by atoms with van der Waals surface area (Å²) < 4.78 is 26.3. The van der Waals surface area contributed by atoms with Crippen LogP contribution in [-0.4, -0.2) is 41.0 Å². The van der Waals surface area contributed by atoms with E-state index in [1.54, 1.807) is 0 Å². The highest BCUT2D eigenvalue weighted by molar-refractivity contribution is 7.46. The van der Waals surface area contributed by atoms with Crippen LogP contribution in [0.3, 0.4) is 0 Å². The molecule has 8 nitrogen and oxygen atoms in total. The molecule has 2 N–H and O–H groups in total. The number of rotatable bonds is 35. The SMILES string of the molecule is CC/C=C/C/C=C/C/C=C/C/C=C/C/C=C/CCCCCC(=O)O[C@H](COC(=O)CCCCCCCCCCCCCCC)COP(=O)(O)O. The van der Waals surface area contributed by atoms with Gasteiger partial charge in [-0.25, -0.2) is 4.57 Å². The van der Waals surface area contributed by atoms with Gasteiger partial charge in [0.1, 0.15) is 6.61 Å². The molecule has 0 saturated heterocycles. The molecule has 0 amide bonds. The molecule has 0 aliphatic carbocycles. The van der Waals surface area contributed by atoms with Crippen molar-refractivity contribution in [2.75, 3.05) is 13.2 Å². The maximum atomic E-state index is 12.4. The molecule has 0 fully saturated rings. The number of carbonyl (C=O) groups excluding carboxylic acids is 2. The molecule has 0 aliphatic rings. The van der Waals surface area contributed by atoms with E-state index in [0.717, 1.165) is 70.6 Å². The van der Waals surface area contributed by atoms with E-state index in [0.29, 0.717) is 6.42 Å². The molecule has 50 heavy (non-hydrogen) atoms. The van der Waals surface area contributed by atoms with E-state index in [1.807, 2.05) is 0 Å². The lowest BCUT2D eigenvalue weighted by molar-refractivity contribution is -0.161. The number of allylic oxidation sites excluding steroid dienone is 10. The maximum Gasteiger partial charge on any atom is 0.469 e. The van der Waals surface area contributed by atoms with Crippen LogP contribution in [-0.2, 0) is 28.2 Å². The van der Waals surface area contributed by atoms with Crippen molar-refractivity contribution in [2.24, 2.45) is 0 Å². The van der Waals surface area contributed by atoms with Gasteiger partial charge in [-0.3, -0.25) is 14.1 Å². The summed E-state index contributed by atoms with van der Waals surface area (Å²) in [5, 5.41) is 0. The summed E-state index contributed by atoms with van der Waals surface area (Å²) in [5.74, 6) is -0.924. The highest BCUT2D eigenvalue weighted by Gasteiger charge is 2.22. The lowest BCUT2D eigenvalue weighted by Crippen LogP contribution is -2.29. The van der Waals surface area contributed by atoms with Crippen molar-refractivity contribution in [3.05, 3.63) is 60.8 Å². The van der Waals surface area contributed by atoms with Gasteiger partial charge in [0, 0.05) is 12.8 Å². The largest absolute Gasteiger partial charge is 0.469 e. The Bertz CT molecular complexity index is 995. The first-order chi connectivity index (χ1) is 24.3. The summed E-state index contributed by atoms with van der Waals surface area (Å²) in [6.07, 6.45) is 45.1. The topological polar surface area (TPSA) is 119 Å². The third-order valence-electron chi connectivity index (χ3n) is 8.05. The Morgan fingerprint density at radius 3 is 1.44 bits per heavy atom. The predicted molar refractivity (Wildman–Crippen MR) is 207 cm³/mol. The summed E-state index contributed by atoms with van der Waals surface area (Å²) >= 11 is 0. The van der Waals surface area contributed by atoms with Gasteiger partial charge in [-0.15, -0.1) is 0 Å². The Morgan fingerprint density at radius 2 is 0.960 bits per heavy atom. The number of phosphoric acid groups is 1. The molecule has 0 aromatic rings. The van der Waals surface area contributed by atoms with Gasteiger partial charge in [-0.1, -0.05) is 158 Å². The first-order valence-electron chi connectivity index (χ1n) is 19.6. The Balaban J connectivity index is 4.03.